The second-order valence-corrected chi connectivity index (χ2v) is 8.21. The van der Waals surface area contributed by atoms with Gasteiger partial charge in [-0.15, -0.1) is 0 Å². The second kappa shape index (κ2) is 6.81. The Morgan fingerprint density at radius 2 is 1.73 bits per heavy atom. The molecule has 0 bridgehead atoms. The van der Waals surface area contributed by atoms with Crippen molar-refractivity contribution >= 4 is 33.4 Å². The Morgan fingerprint density at radius 3 is 2.23 bits per heavy atom. The number of nitrogens with zero attached hydrogens (tertiary/aromatic N) is 2. The number of carbonyl (C=O) groups excluding carboxylic acids is 1. The predicted octanol–water partition coefficient (Wildman–Crippen LogP) is 2.16. The number of hydrogen-bond donors (Lipinski definition) is 2. The molecule has 2 N–H and O–H groups in total. The van der Waals surface area contributed by atoms with E-state index in [0.29, 0.717) is 37.1 Å². The third-order valence-corrected chi connectivity index (χ3v) is 6.02. The fourth-order valence-electron chi connectivity index (χ4n) is 3.77. The van der Waals surface area contributed by atoms with E-state index in [2.05, 4.69) is 5.10 Å². The van der Waals surface area contributed by atoms with Gasteiger partial charge in [-0.2, -0.15) is 13.5 Å². The van der Waals surface area contributed by atoms with Crippen LogP contribution in [-0.2, 0) is 19.7 Å². The third-order valence-electron chi connectivity index (χ3n) is 5.15. The molecule has 1 heterocycles. The Morgan fingerprint density at radius 1 is 1.15 bits per heavy atom. The minimum Gasteiger partial charge on any atom is -0.481 e. The SMILES string of the molecule is CC1=NN(c2ccc(S(=O)(=O)O)cc2)C(=O)C1C1CCC(C(=O)O)CC1. The van der Waals surface area contributed by atoms with Gasteiger partial charge in [0.1, 0.15) is 0 Å². The molecular formula is C17H20N2O6S. The molecule has 0 saturated heterocycles. The molecule has 1 aromatic rings. The number of hydrazone groups is 1. The molecule has 26 heavy (non-hydrogen) atoms. The second-order valence-electron chi connectivity index (χ2n) is 6.79. The quantitative estimate of drug-likeness (QED) is 0.771. The molecule has 1 saturated carbocycles. The first-order valence-corrected chi connectivity index (χ1v) is 9.82. The summed E-state index contributed by atoms with van der Waals surface area (Å²) in [5.74, 6) is -1.65. The van der Waals surface area contributed by atoms with E-state index in [0.717, 1.165) is 0 Å². The van der Waals surface area contributed by atoms with Gasteiger partial charge in [0, 0.05) is 5.71 Å². The van der Waals surface area contributed by atoms with Gasteiger partial charge in [-0.1, -0.05) is 0 Å². The molecular weight excluding hydrogens is 360 g/mol. The van der Waals surface area contributed by atoms with Crippen molar-refractivity contribution in [1.82, 2.24) is 0 Å². The molecule has 0 radical (unpaired) electrons. The van der Waals surface area contributed by atoms with E-state index in [4.69, 9.17) is 9.66 Å². The number of amides is 1. The van der Waals surface area contributed by atoms with Crippen LogP contribution in [0.5, 0.6) is 0 Å². The summed E-state index contributed by atoms with van der Waals surface area (Å²) in [7, 11) is -4.29. The van der Waals surface area contributed by atoms with Gasteiger partial charge >= 0.3 is 5.97 Å². The Labute approximate surface area is 151 Å². The molecule has 1 aromatic carbocycles. The van der Waals surface area contributed by atoms with Crippen molar-refractivity contribution in [3.05, 3.63) is 24.3 Å². The lowest BCUT2D eigenvalue weighted by atomic mass is 9.74. The Balaban J connectivity index is 1.75. The van der Waals surface area contributed by atoms with E-state index in [1.807, 2.05) is 0 Å². The van der Waals surface area contributed by atoms with Crippen LogP contribution in [0, 0.1) is 17.8 Å². The fraction of sp³-hybridized carbons (Fsp3) is 0.471. The van der Waals surface area contributed by atoms with Crippen molar-refractivity contribution in [3.63, 3.8) is 0 Å². The summed E-state index contributed by atoms with van der Waals surface area (Å²) < 4.78 is 31.3. The number of rotatable bonds is 4. The maximum absolute atomic E-state index is 12.8. The van der Waals surface area contributed by atoms with Crippen LogP contribution < -0.4 is 5.01 Å². The van der Waals surface area contributed by atoms with Crippen LogP contribution in [0.2, 0.25) is 0 Å². The van der Waals surface area contributed by atoms with Crippen LogP contribution in [-0.4, -0.2) is 35.7 Å². The zero-order chi connectivity index (χ0) is 19.1. The van der Waals surface area contributed by atoms with E-state index in [-0.39, 0.29) is 28.6 Å². The molecule has 3 rings (SSSR count). The van der Waals surface area contributed by atoms with Crippen LogP contribution in [0.4, 0.5) is 5.69 Å². The maximum Gasteiger partial charge on any atom is 0.306 e. The lowest BCUT2D eigenvalue weighted by Gasteiger charge is -2.29. The first-order chi connectivity index (χ1) is 12.2. The van der Waals surface area contributed by atoms with Crippen LogP contribution in [0.25, 0.3) is 0 Å². The van der Waals surface area contributed by atoms with Crippen molar-refractivity contribution in [2.24, 2.45) is 22.9 Å². The van der Waals surface area contributed by atoms with Gasteiger partial charge in [-0.3, -0.25) is 14.1 Å². The van der Waals surface area contributed by atoms with Gasteiger partial charge in [0.15, 0.2) is 0 Å². The van der Waals surface area contributed by atoms with E-state index < -0.39 is 16.1 Å². The van der Waals surface area contributed by atoms with Gasteiger partial charge < -0.3 is 5.11 Å². The van der Waals surface area contributed by atoms with Crippen LogP contribution in [0.15, 0.2) is 34.3 Å². The minimum absolute atomic E-state index is 0.0592. The highest BCUT2D eigenvalue weighted by atomic mass is 32.2. The molecule has 8 nitrogen and oxygen atoms in total. The van der Waals surface area contributed by atoms with Crippen molar-refractivity contribution in [2.75, 3.05) is 5.01 Å². The highest BCUT2D eigenvalue weighted by Crippen LogP contribution is 2.38. The van der Waals surface area contributed by atoms with Crippen LogP contribution in [0.1, 0.15) is 32.6 Å². The first-order valence-electron chi connectivity index (χ1n) is 8.38. The summed E-state index contributed by atoms with van der Waals surface area (Å²) in [6.07, 6.45) is 2.44. The predicted molar refractivity (Wildman–Crippen MR) is 93.4 cm³/mol. The monoisotopic (exact) mass is 380 g/mol. The number of anilines is 1. The number of benzene rings is 1. The smallest absolute Gasteiger partial charge is 0.306 e. The van der Waals surface area contributed by atoms with E-state index in [1.165, 1.54) is 29.3 Å². The molecule has 1 aliphatic carbocycles. The number of carboxylic acid groups (broad SMARTS) is 1. The molecule has 0 aromatic heterocycles. The van der Waals surface area contributed by atoms with Crippen LogP contribution in [0.3, 0.4) is 0 Å². The molecule has 1 fully saturated rings. The number of carboxylic acids is 1. The zero-order valence-corrected chi connectivity index (χ0v) is 15.0. The van der Waals surface area contributed by atoms with Gasteiger partial charge in [0.25, 0.3) is 16.0 Å². The largest absolute Gasteiger partial charge is 0.481 e. The summed E-state index contributed by atoms with van der Waals surface area (Å²) >= 11 is 0. The maximum atomic E-state index is 12.8. The average molecular weight is 380 g/mol. The van der Waals surface area contributed by atoms with E-state index in [1.54, 1.807) is 6.92 Å². The Hall–Kier alpha value is -2.26. The summed E-state index contributed by atoms with van der Waals surface area (Å²) in [6, 6.07) is 5.27. The molecule has 2 aliphatic rings. The van der Waals surface area contributed by atoms with Gasteiger partial charge in [-0.25, -0.2) is 5.01 Å². The van der Waals surface area contributed by atoms with Gasteiger partial charge in [0.2, 0.25) is 0 Å². The van der Waals surface area contributed by atoms with Crippen LogP contribution >= 0.6 is 0 Å². The number of hydrogen-bond acceptors (Lipinski definition) is 5. The first kappa shape index (κ1) is 18.5. The number of carbonyl (C=O) groups is 2. The summed E-state index contributed by atoms with van der Waals surface area (Å²) in [4.78, 5) is 23.7. The van der Waals surface area contributed by atoms with Crippen molar-refractivity contribution in [2.45, 2.75) is 37.5 Å². The van der Waals surface area contributed by atoms with Crippen molar-refractivity contribution in [1.29, 1.82) is 0 Å². The molecule has 0 spiro atoms. The fourth-order valence-corrected chi connectivity index (χ4v) is 4.25. The Bertz CT molecular complexity index is 854. The summed E-state index contributed by atoms with van der Waals surface area (Å²) in [6.45, 7) is 1.78. The van der Waals surface area contributed by atoms with Gasteiger partial charge in [0.05, 0.1) is 22.4 Å². The molecule has 1 atom stereocenters. The summed E-state index contributed by atoms with van der Waals surface area (Å²) in [5.41, 5.74) is 1.09. The lowest BCUT2D eigenvalue weighted by molar-refractivity contribution is -0.143. The van der Waals surface area contributed by atoms with E-state index >= 15 is 0 Å². The topological polar surface area (TPSA) is 124 Å². The lowest BCUT2D eigenvalue weighted by Crippen LogP contribution is -2.35. The molecule has 1 aliphatic heterocycles. The molecule has 140 valence electrons. The molecule has 1 amide bonds. The normalized spacial score (nSPS) is 26.7. The van der Waals surface area contributed by atoms with Crippen molar-refractivity contribution in [3.8, 4) is 0 Å². The van der Waals surface area contributed by atoms with E-state index in [9.17, 15) is 18.0 Å². The third kappa shape index (κ3) is 3.49. The van der Waals surface area contributed by atoms with Gasteiger partial charge in [-0.05, 0) is 62.8 Å². The molecule has 1 unspecified atom stereocenters. The zero-order valence-electron chi connectivity index (χ0n) is 14.2. The standard InChI is InChI=1S/C17H20N2O6S/c1-10-15(11-2-4-12(5-3-11)17(21)22)16(20)19(18-10)13-6-8-14(9-7-13)26(23,24)25/h6-9,11-12,15H,2-5H2,1H3,(H,21,22)(H,23,24,25). The minimum atomic E-state index is -4.29. The number of aliphatic carboxylic acids is 1. The highest BCUT2D eigenvalue weighted by Gasteiger charge is 2.41. The summed E-state index contributed by atoms with van der Waals surface area (Å²) in [5, 5.41) is 14.7. The molecule has 9 heteroatoms. The van der Waals surface area contributed by atoms with Crippen molar-refractivity contribution < 1.29 is 27.7 Å². The average Bonchev–Trinajstić information content (AvgIpc) is 2.89. The Kier molecular flexibility index (Phi) is 4.85. The highest BCUT2D eigenvalue weighted by molar-refractivity contribution is 7.85.